The summed E-state index contributed by atoms with van der Waals surface area (Å²) in [4.78, 5) is 94.7. The average Bonchev–Trinajstić information content (AvgIpc) is 4.15. The van der Waals surface area contributed by atoms with E-state index < -0.39 is 161 Å². The summed E-state index contributed by atoms with van der Waals surface area (Å²) >= 11 is 0. The van der Waals surface area contributed by atoms with Gasteiger partial charge in [0.1, 0.15) is 66.8 Å². The van der Waals surface area contributed by atoms with Gasteiger partial charge in [-0.15, -0.1) is 0 Å². The molecule has 0 aliphatic carbocycles. The first kappa shape index (κ1) is 53.9. The molecule has 43 heteroatoms. The van der Waals surface area contributed by atoms with Gasteiger partial charge in [-0.1, -0.05) is 0 Å². The van der Waals surface area contributed by atoms with E-state index >= 15 is 0 Å². The molecule has 2 aromatic rings. The van der Waals surface area contributed by atoms with Crippen molar-refractivity contribution >= 4 is 96.4 Å². The number of amidine groups is 2. The lowest BCUT2D eigenvalue weighted by atomic mass is 10.1. The number of likely N-dealkylation sites (N-methyl/N-ethyl adjacent to an activating group) is 1. The molecular formula is C31H41N15O24P4. The van der Waals surface area contributed by atoms with E-state index in [0.29, 0.717) is 0 Å². The maximum atomic E-state index is 13.5. The molecule has 404 valence electrons. The van der Waals surface area contributed by atoms with E-state index in [1.165, 1.54) is 18.0 Å². The molecule has 39 nitrogen and oxygen atoms in total. The maximum absolute atomic E-state index is 13.5. The van der Waals surface area contributed by atoms with E-state index in [-0.39, 0.29) is 28.7 Å². The predicted octanol–water partition coefficient (Wildman–Crippen LogP) is -7.21. The number of hydrogen-bond acceptors (Lipinski definition) is 30. The fourth-order valence-corrected chi connectivity index (χ4v) is 12.7. The third-order valence-electron chi connectivity index (χ3n) is 11.6. The number of amides is 2. The van der Waals surface area contributed by atoms with Crippen LogP contribution in [0.1, 0.15) is 6.23 Å². The number of aliphatic hydroxyl groups excluding tert-OH is 5. The Hall–Kier alpha value is -4.89. The Labute approximate surface area is 410 Å². The Morgan fingerprint density at radius 2 is 1.32 bits per heavy atom. The summed E-state index contributed by atoms with van der Waals surface area (Å²) in [5.41, 5.74) is 5.74. The van der Waals surface area contributed by atoms with Gasteiger partial charge in [0, 0.05) is 0 Å². The molecule has 9 rings (SSSR count). The zero-order valence-corrected chi connectivity index (χ0v) is 40.5. The zero-order valence-electron chi connectivity index (χ0n) is 37.0. The van der Waals surface area contributed by atoms with Crippen LogP contribution < -0.4 is 21.3 Å². The van der Waals surface area contributed by atoms with Crippen LogP contribution >= 0.6 is 31.3 Å². The molecule has 74 heavy (non-hydrogen) atoms. The number of nitrogens with two attached hydrogens (primary N) is 1. The van der Waals surface area contributed by atoms with E-state index in [9.17, 15) is 73.0 Å². The molecule has 3 saturated heterocycles. The van der Waals surface area contributed by atoms with E-state index in [1.807, 2.05) is 0 Å². The van der Waals surface area contributed by atoms with Crippen molar-refractivity contribution in [1.82, 2.24) is 40.0 Å². The van der Waals surface area contributed by atoms with Crippen molar-refractivity contribution in [2.24, 2.45) is 15.0 Å². The summed E-state index contributed by atoms with van der Waals surface area (Å²) in [5.74, 6) is -2.89. The number of aliphatic imine (C=N–C) groups is 3. The molecule has 3 fully saturated rings. The Kier molecular flexibility index (Phi) is 14.5. The van der Waals surface area contributed by atoms with Gasteiger partial charge in [0.2, 0.25) is 24.5 Å². The van der Waals surface area contributed by atoms with Gasteiger partial charge >= 0.3 is 23.5 Å². The first-order chi connectivity index (χ1) is 34.6. The maximum Gasteiger partial charge on any atom is 0.487 e. The molecule has 14 N–H and O–H groups in total. The predicted molar refractivity (Wildman–Crippen MR) is 232 cm³/mol. The molecule has 9 heterocycles. The van der Waals surface area contributed by atoms with Crippen molar-refractivity contribution in [3.8, 4) is 0 Å². The van der Waals surface area contributed by atoms with E-state index in [4.69, 9.17) is 44.3 Å². The van der Waals surface area contributed by atoms with Crippen LogP contribution in [0.25, 0.3) is 11.2 Å². The minimum atomic E-state index is -6.29. The molecule has 0 aromatic carbocycles. The summed E-state index contributed by atoms with van der Waals surface area (Å²) in [6.45, 7) is -3.64. The van der Waals surface area contributed by atoms with Gasteiger partial charge in [-0.3, -0.25) is 63.6 Å². The lowest BCUT2D eigenvalue weighted by Gasteiger charge is -2.28. The number of nitrogens with zero attached hydrogens (tertiary/aromatic N) is 10. The molecule has 0 spiro atoms. The standard InChI is InChI=1S/C31H41N15O24P4/c1-43-8-46(24-14(43)26(53)42-31(34)40-24)28-18(50)16(48)10(66-28)3-63-72(56,57)69-74(60,61)70-73(58,59)64-4-11-20(19(51)29(67-11)44-6-37-12-21(32)35-5-36-22(12)44)68-71(54,55)62-2-9-15(47)17(49)27(65-9)45-7-38-13-23(45)39-30(33)41-25(13)52/h5-11,13-20,27-29,47-51H,2-4H2,1H3,(H9-,32,33,34,35,36,41,42,52,53,54,55,56,57,58,59,60,61)/t9-,10-,11-,13?,14?,15-,16-,17-,18-,19-,20-,27-,28-,29-/m1/s1. The van der Waals surface area contributed by atoms with Crippen LogP contribution in [0.4, 0.5) is 5.82 Å². The number of rotatable bonds is 18. The van der Waals surface area contributed by atoms with Crippen molar-refractivity contribution in [3.05, 3.63) is 12.7 Å². The third-order valence-corrected chi connectivity index (χ3v) is 16.8. The second kappa shape index (κ2) is 19.9. The number of imidazole rings is 1. The number of aliphatic hydroxyl groups is 5. The molecule has 7 aliphatic rings. The second-order valence-electron chi connectivity index (χ2n) is 16.5. The van der Waals surface area contributed by atoms with Gasteiger partial charge in [-0.05, 0) is 0 Å². The number of nitrogens with one attached hydrogen (secondary N) is 4. The summed E-state index contributed by atoms with van der Waals surface area (Å²) < 4.78 is 99.1. The molecular weight excluding hydrogens is 1090 g/mol. The molecule has 18 atom stereocenters. The highest BCUT2D eigenvalue weighted by molar-refractivity contribution is 7.66. The molecule has 2 aromatic heterocycles. The number of carbonyl (C=O) groups is 2. The van der Waals surface area contributed by atoms with Crippen molar-refractivity contribution in [1.29, 1.82) is 10.8 Å². The Morgan fingerprint density at radius 3 is 2.00 bits per heavy atom. The Morgan fingerprint density at radius 1 is 0.743 bits per heavy atom. The minimum Gasteiger partial charge on any atom is -0.756 e. The van der Waals surface area contributed by atoms with Crippen LogP contribution in [0, 0.1) is 10.8 Å². The van der Waals surface area contributed by atoms with E-state index in [1.54, 1.807) is 0 Å². The zero-order chi connectivity index (χ0) is 53.6. The fraction of sp³-hybridized carbons (Fsp3) is 0.581. The van der Waals surface area contributed by atoms with Crippen LogP contribution in [-0.4, -0.2) is 229 Å². The summed E-state index contributed by atoms with van der Waals surface area (Å²) in [7, 11) is -22.5. The van der Waals surface area contributed by atoms with Crippen molar-refractivity contribution in [2.75, 3.05) is 32.6 Å². The number of fused-ring (bicyclic) bond motifs is 3. The smallest absolute Gasteiger partial charge is 0.487 e. The lowest BCUT2D eigenvalue weighted by Crippen LogP contribution is -2.54. The molecule has 0 radical (unpaired) electrons. The average molecular weight is 1130 g/mol. The van der Waals surface area contributed by atoms with Crippen LogP contribution in [-0.2, 0) is 68.8 Å². The highest BCUT2D eigenvalue weighted by Crippen LogP contribution is 2.67. The number of ether oxygens (including phenoxy) is 3. The van der Waals surface area contributed by atoms with Gasteiger partial charge in [0.25, 0.3) is 31.5 Å². The number of hydrogen-bond donors (Lipinski definition) is 13. The largest absolute Gasteiger partial charge is 0.756 e. The summed E-state index contributed by atoms with van der Waals surface area (Å²) in [6.07, 6.45) is -17.5. The summed E-state index contributed by atoms with van der Waals surface area (Å²) in [6, 6.07) is -2.30. The fourth-order valence-electron chi connectivity index (χ4n) is 8.29. The monoisotopic (exact) mass is 1130 g/mol. The van der Waals surface area contributed by atoms with Crippen LogP contribution in [0.3, 0.4) is 0 Å². The van der Waals surface area contributed by atoms with Crippen LogP contribution in [0.15, 0.2) is 27.6 Å². The second-order valence-corrected chi connectivity index (χ2v) is 22.5. The number of nitrogen functional groups attached to an aromatic ring is 1. The lowest BCUT2D eigenvalue weighted by molar-refractivity contribution is -0.498. The van der Waals surface area contributed by atoms with Gasteiger partial charge in [0.15, 0.2) is 35.8 Å². The number of phosphoric acid groups is 4. The number of phosphoric ester groups is 3. The SMILES string of the molecule is C[N+]1=CN([C@@H]2O[C@H](COP(=O)([O-])OP(=O)(O)OP(=O)(O)OC[C@H]3O[C@@H](n4cnc5c(N)ncnc54)[C@H](O)[C@@H]3OP(=O)(O)OC[C@H]3O[C@@H](N4C=NC5C(=O)NC(=N)N=C54)[C@H](O)[C@@H]3O)[C@@H](O)[C@H]2O)C2=NC(=N)NC(=O)C21. The van der Waals surface area contributed by atoms with Gasteiger partial charge in [-0.25, -0.2) is 37.5 Å². The molecule has 7 aliphatic heterocycles. The van der Waals surface area contributed by atoms with Gasteiger partial charge in [-0.2, -0.15) is 19.2 Å². The Bertz CT molecular complexity index is 2980. The minimum absolute atomic E-state index is 0.0264. The van der Waals surface area contributed by atoms with Crippen LogP contribution in [0.5, 0.6) is 0 Å². The highest BCUT2D eigenvalue weighted by atomic mass is 31.3. The van der Waals surface area contributed by atoms with Gasteiger partial charge in [0.05, 0.1) is 39.5 Å². The number of carbonyl (C=O) groups excluding carboxylic acids is 2. The van der Waals surface area contributed by atoms with Crippen molar-refractivity contribution in [3.63, 3.8) is 0 Å². The number of aromatic nitrogens is 4. The number of guanidine groups is 2. The first-order valence-corrected chi connectivity index (χ1v) is 26.8. The first-order valence-electron chi connectivity index (χ1n) is 20.9. The highest BCUT2D eigenvalue weighted by Gasteiger charge is 2.57. The normalized spacial score (nSPS) is 36.1. The third kappa shape index (κ3) is 10.6. The molecule has 2 amide bonds. The molecule has 6 unspecified atom stereocenters. The summed E-state index contributed by atoms with van der Waals surface area (Å²) in [5, 5.41) is 74.2. The van der Waals surface area contributed by atoms with Crippen molar-refractivity contribution < 1.29 is 118 Å². The Balaban J connectivity index is 0.834. The van der Waals surface area contributed by atoms with E-state index in [0.717, 1.165) is 33.4 Å². The number of anilines is 1. The topological polar surface area (TPSA) is 558 Å². The van der Waals surface area contributed by atoms with Crippen molar-refractivity contribution in [2.45, 2.75) is 85.7 Å². The molecule has 0 saturated carbocycles. The van der Waals surface area contributed by atoms with E-state index in [2.05, 4.69) is 53.7 Å². The molecule has 0 bridgehead atoms. The quantitative estimate of drug-likeness (QED) is 0.0487. The van der Waals surface area contributed by atoms with Crippen LogP contribution in [0.2, 0.25) is 0 Å². The van der Waals surface area contributed by atoms with Gasteiger partial charge < -0.3 is 69.6 Å².